The highest BCUT2D eigenvalue weighted by Crippen LogP contribution is 2.64. The van der Waals surface area contributed by atoms with Gasteiger partial charge < -0.3 is 4.74 Å². The predicted molar refractivity (Wildman–Crippen MR) is 206 cm³/mol. The summed E-state index contributed by atoms with van der Waals surface area (Å²) in [6, 6.07) is 67.5. The van der Waals surface area contributed by atoms with E-state index >= 15 is 0 Å². The summed E-state index contributed by atoms with van der Waals surface area (Å²) in [5, 5.41) is 0. The van der Waals surface area contributed by atoms with Crippen molar-refractivity contribution in [3.05, 3.63) is 226 Å². The van der Waals surface area contributed by atoms with Crippen molar-refractivity contribution in [3.63, 3.8) is 0 Å². The zero-order valence-electron chi connectivity index (χ0n) is 27.7. The lowest BCUT2D eigenvalue weighted by molar-refractivity contribution is 0.436. The normalized spacial score (nSPS) is 15.1. The van der Waals surface area contributed by atoms with Crippen molar-refractivity contribution in [3.8, 4) is 56.0 Å². The van der Waals surface area contributed by atoms with Gasteiger partial charge in [0.15, 0.2) is 0 Å². The zero-order valence-corrected chi connectivity index (χ0v) is 27.7. The van der Waals surface area contributed by atoms with Crippen LogP contribution in [0.25, 0.3) is 44.5 Å². The van der Waals surface area contributed by atoms with Crippen LogP contribution in [-0.4, -0.2) is 0 Å². The first-order chi connectivity index (χ1) is 25.3. The third-order valence-electron chi connectivity index (χ3n) is 12.2. The van der Waals surface area contributed by atoms with Crippen LogP contribution in [0.1, 0.15) is 44.5 Å². The summed E-state index contributed by atoms with van der Waals surface area (Å²) in [5.74, 6) is 1.82. The van der Waals surface area contributed by atoms with Crippen LogP contribution < -0.4 is 4.74 Å². The maximum Gasteiger partial charge on any atom is 0.132 e. The van der Waals surface area contributed by atoms with E-state index in [0.29, 0.717) is 0 Å². The molecule has 1 nitrogen and oxygen atoms in total. The molecule has 1 heterocycles. The fourth-order valence-electron chi connectivity index (χ4n) is 10.3. The number of hydrogen-bond acceptors (Lipinski definition) is 1. The molecule has 1 aliphatic heterocycles. The SMILES string of the molecule is c1ccc2c(c1)Oc1cc(-c3ccc4c(c3)C3(c5ccccc5-c5ccccc53)c3ccccc3-4)ccc1C21c2ccccc2-c2ccccc21. The van der Waals surface area contributed by atoms with Crippen LogP contribution in [0.2, 0.25) is 0 Å². The number of rotatable bonds is 1. The highest BCUT2D eigenvalue weighted by atomic mass is 16.5. The molecule has 8 aromatic carbocycles. The average molecular weight is 647 g/mol. The molecule has 1 heteroatoms. The van der Waals surface area contributed by atoms with Crippen LogP contribution in [0, 0.1) is 0 Å². The molecule has 0 radical (unpaired) electrons. The number of fused-ring (bicyclic) bond motifs is 19. The smallest absolute Gasteiger partial charge is 0.132 e. The molecule has 0 bridgehead atoms. The third-order valence-corrected chi connectivity index (χ3v) is 12.2. The zero-order chi connectivity index (χ0) is 33.3. The van der Waals surface area contributed by atoms with Crippen LogP contribution in [-0.2, 0) is 10.8 Å². The van der Waals surface area contributed by atoms with Crippen molar-refractivity contribution in [1.82, 2.24) is 0 Å². The second kappa shape index (κ2) is 9.62. The molecular weight excluding hydrogens is 617 g/mol. The third kappa shape index (κ3) is 3.19. The molecule has 0 unspecified atom stereocenters. The first kappa shape index (κ1) is 27.4. The first-order valence-electron chi connectivity index (χ1n) is 17.8. The van der Waals surface area contributed by atoms with E-state index in [0.717, 1.165) is 17.1 Å². The van der Waals surface area contributed by atoms with Gasteiger partial charge in [-0.15, -0.1) is 0 Å². The molecule has 4 aliphatic rings. The average Bonchev–Trinajstić information content (AvgIpc) is 3.78. The van der Waals surface area contributed by atoms with E-state index in [1.807, 2.05) is 0 Å². The van der Waals surface area contributed by atoms with E-state index in [4.69, 9.17) is 4.74 Å². The Hall–Kier alpha value is -6.44. The van der Waals surface area contributed by atoms with Gasteiger partial charge in [-0.05, 0) is 96.1 Å². The van der Waals surface area contributed by atoms with Crippen molar-refractivity contribution in [2.45, 2.75) is 10.8 Å². The Morgan fingerprint density at radius 1 is 0.255 bits per heavy atom. The summed E-state index contributed by atoms with van der Waals surface area (Å²) < 4.78 is 6.89. The minimum atomic E-state index is -0.462. The number of benzene rings is 8. The molecular formula is C50H30O. The fraction of sp³-hybridized carbons (Fsp3) is 0.0400. The Morgan fingerprint density at radius 3 is 1.12 bits per heavy atom. The van der Waals surface area contributed by atoms with Crippen molar-refractivity contribution >= 4 is 0 Å². The van der Waals surface area contributed by atoms with Gasteiger partial charge in [0.05, 0.1) is 10.8 Å². The maximum atomic E-state index is 6.89. The largest absolute Gasteiger partial charge is 0.457 e. The summed E-state index contributed by atoms with van der Waals surface area (Å²) in [5.41, 5.74) is 19.8. The minimum absolute atomic E-state index is 0.375. The van der Waals surface area contributed by atoms with Crippen molar-refractivity contribution in [2.75, 3.05) is 0 Å². The highest BCUT2D eigenvalue weighted by Gasteiger charge is 2.53. The Bertz CT molecular complexity index is 2690. The van der Waals surface area contributed by atoms with Crippen LogP contribution in [0.5, 0.6) is 11.5 Å². The van der Waals surface area contributed by atoms with Gasteiger partial charge in [-0.1, -0.05) is 164 Å². The maximum absolute atomic E-state index is 6.89. The van der Waals surface area contributed by atoms with Gasteiger partial charge in [-0.25, -0.2) is 0 Å². The standard InChI is InChI=1S/C50H30O/c1-6-18-39-33(13-1)34-14-2-7-19-40(34)49(39)41-20-8-5-17-37(41)38-27-25-31(29-46(38)49)32-26-28-45-48(30-32)51-47-24-12-11-23-44(47)50(45)42-21-9-3-15-35(42)36-16-4-10-22-43(36)50/h1-30H. The lowest BCUT2D eigenvalue weighted by Crippen LogP contribution is -2.32. The number of ether oxygens (including phenoxy) is 1. The molecule has 8 aromatic rings. The molecule has 0 saturated carbocycles. The second-order valence-electron chi connectivity index (χ2n) is 14.3. The second-order valence-corrected chi connectivity index (χ2v) is 14.3. The Balaban J connectivity index is 1.10. The van der Waals surface area contributed by atoms with Gasteiger partial charge in [0.25, 0.3) is 0 Å². The molecule has 0 atom stereocenters. The predicted octanol–water partition coefficient (Wildman–Crippen LogP) is 12.2. The van der Waals surface area contributed by atoms with E-state index in [2.05, 4.69) is 182 Å². The lowest BCUT2D eigenvalue weighted by Gasteiger charge is -2.39. The summed E-state index contributed by atoms with van der Waals surface area (Å²) in [6.07, 6.45) is 0. The number of hydrogen-bond donors (Lipinski definition) is 0. The Kier molecular flexibility index (Phi) is 5.17. The molecule has 0 saturated heterocycles. The van der Waals surface area contributed by atoms with Crippen molar-refractivity contribution in [2.24, 2.45) is 0 Å². The topological polar surface area (TPSA) is 9.23 Å². The Morgan fingerprint density at radius 2 is 0.608 bits per heavy atom. The van der Waals surface area contributed by atoms with Crippen LogP contribution in [0.4, 0.5) is 0 Å². The molecule has 0 aromatic heterocycles. The molecule has 0 N–H and O–H groups in total. The summed E-state index contributed by atoms with van der Waals surface area (Å²) in [4.78, 5) is 0. The van der Waals surface area contributed by atoms with Gasteiger partial charge >= 0.3 is 0 Å². The molecule has 2 spiro atoms. The van der Waals surface area contributed by atoms with Crippen LogP contribution in [0.15, 0.2) is 182 Å². The van der Waals surface area contributed by atoms with E-state index in [9.17, 15) is 0 Å². The van der Waals surface area contributed by atoms with Crippen LogP contribution >= 0.6 is 0 Å². The molecule has 51 heavy (non-hydrogen) atoms. The molecule has 3 aliphatic carbocycles. The quantitative estimate of drug-likeness (QED) is 0.172. The van der Waals surface area contributed by atoms with E-state index in [1.165, 1.54) is 83.5 Å². The fourth-order valence-corrected chi connectivity index (χ4v) is 10.3. The molecule has 236 valence electrons. The van der Waals surface area contributed by atoms with Gasteiger partial charge in [0.1, 0.15) is 11.5 Å². The lowest BCUT2D eigenvalue weighted by atomic mass is 9.66. The molecule has 12 rings (SSSR count). The monoisotopic (exact) mass is 646 g/mol. The van der Waals surface area contributed by atoms with E-state index in [1.54, 1.807) is 0 Å². The Labute approximate surface area is 297 Å². The minimum Gasteiger partial charge on any atom is -0.457 e. The van der Waals surface area contributed by atoms with E-state index in [-0.39, 0.29) is 5.41 Å². The summed E-state index contributed by atoms with van der Waals surface area (Å²) in [7, 11) is 0. The van der Waals surface area contributed by atoms with Gasteiger partial charge in [-0.2, -0.15) is 0 Å². The highest BCUT2D eigenvalue weighted by molar-refractivity contribution is 5.96. The van der Waals surface area contributed by atoms with Gasteiger partial charge in [0.2, 0.25) is 0 Å². The summed E-state index contributed by atoms with van der Waals surface area (Å²) >= 11 is 0. The van der Waals surface area contributed by atoms with Gasteiger partial charge in [0, 0.05) is 11.1 Å². The van der Waals surface area contributed by atoms with Crippen LogP contribution in [0.3, 0.4) is 0 Å². The van der Waals surface area contributed by atoms with Crippen molar-refractivity contribution in [1.29, 1.82) is 0 Å². The number of para-hydroxylation sites is 1. The van der Waals surface area contributed by atoms with E-state index < -0.39 is 5.41 Å². The molecule has 0 amide bonds. The van der Waals surface area contributed by atoms with Crippen molar-refractivity contribution < 1.29 is 4.74 Å². The summed E-state index contributed by atoms with van der Waals surface area (Å²) in [6.45, 7) is 0. The van der Waals surface area contributed by atoms with Gasteiger partial charge in [-0.3, -0.25) is 0 Å². The first-order valence-corrected chi connectivity index (χ1v) is 17.8. The molecule has 0 fully saturated rings.